The van der Waals surface area contributed by atoms with Crippen LogP contribution < -0.4 is 4.68 Å². The van der Waals surface area contributed by atoms with Crippen molar-refractivity contribution < 1.29 is 23.7 Å². The Balaban J connectivity index is 2.58. The van der Waals surface area contributed by atoms with Crippen LogP contribution in [0.3, 0.4) is 0 Å². The van der Waals surface area contributed by atoms with Gasteiger partial charge in [0.05, 0.1) is 19.8 Å². The highest BCUT2D eigenvalue weighted by molar-refractivity contribution is 5.88. The smallest absolute Gasteiger partial charge is 0.339 e. The molecule has 0 atom stereocenters. The number of aryl methyl sites for hydroxylation is 1. The predicted octanol–water partition coefficient (Wildman–Crippen LogP) is -0.281. The fraction of sp³-hybridized carbons (Fsp3) is 0.400. The Labute approximate surface area is 92.8 Å². The Morgan fingerprint density at radius 1 is 1.38 bits per heavy atom. The molecule has 0 saturated heterocycles. The Kier molecular flexibility index (Phi) is 4.38. The lowest BCUT2D eigenvalue weighted by Crippen LogP contribution is -2.38. The molecule has 0 unspecified atom stereocenters. The molecule has 0 aromatic carbocycles. The van der Waals surface area contributed by atoms with Crippen LogP contribution in [0.2, 0.25) is 0 Å². The third-order valence-corrected chi connectivity index (χ3v) is 1.97. The molecule has 86 valence electrons. The molecule has 0 N–H and O–H groups in total. The Morgan fingerprint density at radius 3 is 2.62 bits per heavy atom. The van der Waals surface area contributed by atoms with Gasteiger partial charge >= 0.3 is 11.9 Å². The number of carbonyl (C=O) groups is 2. The molecule has 0 aliphatic carbocycles. The summed E-state index contributed by atoms with van der Waals surface area (Å²) in [5.41, 5.74) is 0.372. The summed E-state index contributed by atoms with van der Waals surface area (Å²) in [6.07, 6.45) is 3.24. The molecule has 16 heavy (non-hydrogen) atoms. The predicted molar refractivity (Wildman–Crippen MR) is 52.4 cm³/mol. The molecule has 1 aromatic rings. The first kappa shape index (κ1) is 12.1. The van der Waals surface area contributed by atoms with E-state index in [4.69, 9.17) is 0 Å². The van der Waals surface area contributed by atoms with Crippen LogP contribution in [0.25, 0.3) is 0 Å². The minimum Gasteiger partial charge on any atom is -0.469 e. The normalized spacial score (nSPS) is 9.62. The minimum atomic E-state index is -0.437. The SMILES string of the molecule is COC(=O)CC[n+]1ccc(C(=O)OC)cn1. The molecule has 0 aliphatic heterocycles. The van der Waals surface area contributed by atoms with Gasteiger partial charge in [-0.3, -0.25) is 4.79 Å². The number of rotatable bonds is 4. The van der Waals surface area contributed by atoms with Crippen LogP contribution in [-0.4, -0.2) is 31.3 Å². The molecule has 0 bridgehead atoms. The van der Waals surface area contributed by atoms with Crippen LogP contribution in [0, 0.1) is 0 Å². The summed E-state index contributed by atoms with van der Waals surface area (Å²) in [4.78, 5) is 22.0. The topological polar surface area (TPSA) is 69.4 Å². The Morgan fingerprint density at radius 2 is 2.12 bits per heavy atom. The van der Waals surface area contributed by atoms with Crippen LogP contribution in [0.1, 0.15) is 16.8 Å². The first-order valence-electron chi connectivity index (χ1n) is 4.68. The summed E-state index contributed by atoms with van der Waals surface area (Å²) in [5, 5.41) is 3.96. The third kappa shape index (κ3) is 3.30. The maximum Gasteiger partial charge on any atom is 0.339 e. The van der Waals surface area contributed by atoms with Gasteiger partial charge in [-0.2, -0.15) is 0 Å². The summed E-state index contributed by atoms with van der Waals surface area (Å²) in [6, 6.07) is 1.58. The number of hydrogen-bond donors (Lipinski definition) is 0. The van der Waals surface area contributed by atoms with E-state index in [0.717, 1.165) is 0 Å². The van der Waals surface area contributed by atoms with Crippen molar-refractivity contribution in [2.75, 3.05) is 14.2 Å². The zero-order chi connectivity index (χ0) is 12.0. The Bertz CT molecular complexity index is 375. The van der Waals surface area contributed by atoms with Gasteiger partial charge in [-0.1, -0.05) is 4.68 Å². The van der Waals surface area contributed by atoms with E-state index in [1.54, 1.807) is 16.9 Å². The van der Waals surface area contributed by atoms with Gasteiger partial charge in [0.1, 0.15) is 12.6 Å². The van der Waals surface area contributed by atoms with Crippen molar-refractivity contribution in [2.24, 2.45) is 0 Å². The monoisotopic (exact) mass is 225 g/mol. The highest BCUT2D eigenvalue weighted by atomic mass is 16.5. The van der Waals surface area contributed by atoms with Gasteiger partial charge < -0.3 is 9.47 Å². The van der Waals surface area contributed by atoms with Crippen LogP contribution in [-0.2, 0) is 20.8 Å². The van der Waals surface area contributed by atoms with Gasteiger partial charge in [0.15, 0.2) is 12.7 Å². The average Bonchev–Trinajstić information content (AvgIpc) is 2.35. The lowest BCUT2D eigenvalue weighted by Gasteiger charge is -1.97. The molecule has 0 fully saturated rings. The van der Waals surface area contributed by atoms with Gasteiger partial charge in [-0.25, -0.2) is 4.79 Å². The van der Waals surface area contributed by atoms with E-state index < -0.39 is 5.97 Å². The largest absolute Gasteiger partial charge is 0.469 e. The summed E-state index contributed by atoms with van der Waals surface area (Å²) in [5.74, 6) is -0.737. The molecule has 1 aromatic heterocycles. The molecule has 1 rings (SSSR count). The van der Waals surface area contributed by atoms with Crippen LogP contribution in [0.4, 0.5) is 0 Å². The maximum absolute atomic E-state index is 11.1. The first-order chi connectivity index (χ1) is 7.67. The van der Waals surface area contributed by atoms with E-state index in [1.165, 1.54) is 20.4 Å². The number of hydrogen-bond acceptors (Lipinski definition) is 5. The van der Waals surface area contributed by atoms with E-state index >= 15 is 0 Å². The molecule has 6 nitrogen and oxygen atoms in total. The van der Waals surface area contributed by atoms with Crippen molar-refractivity contribution >= 4 is 11.9 Å². The molecule has 0 saturated carbocycles. The van der Waals surface area contributed by atoms with Crippen LogP contribution in [0.15, 0.2) is 18.5 Å². The fourth-order valence-electron chi connectivity index (χ4n) is 1.06. The fourth-order valence-corrected chi connectivity index (χ4v) is 1.06. The lowest BCUT2D eigenvalue weighted by molar-refractivity contribution is -0.753. The molecule has 0 radical (unpaired) electrons. The second-order valence-electron chi connectivity index (χ2n) is 3.00. The molecule has 0 aliphatic rings. The van der Waals surface area contributed by atoms with Crippen molar-refractivity contribution in [3.05, 3.63) is 24.0 Å². The highest BCUT2D eigenvalue weighted by Crippen LogP contribution is 1.95. The third-order valence-electron chi connectivity index (χ3n) is 1.97. The summed E-state index contributed by atoms with van der Waals surface area (Å²) in [6.45, 7) is 0.411. The van der Waals surface area contributed by atoms with Gasteiger partial charge in [0, 0.05) is 6.07 Å². The summed E-state index contributed by atoms with van der Waals surface area (Å²) in [7, 11) is 2.64. The molecule has 6 heteroatoms. The molecule has 0 spiro atoms. The van der Waals surface area contributed by atoms with E-state index in [-0.39, 0.29) is 12.4 Å². The second kappa shape index (κ2) is 5.79. The molecule has 1 heterocycles. The van der Waals surface area contributed by atoms with Crippen molar-refractivity contribution in [2.45, 2.75) is 13.0 Å². The zero-order valence-corrected chi connectivity index (χ0v) is 9.17. The van der Waals surface area contributed by atoms with Crippen molar-refractivity contribution in [1.29, 1.82) is 0 Å². The zero-order valence-electron chi connectivity index (χ0n) is 9.17. The molecule has 0 amide bonds. The number of aromatic nitrogens is 2. The van der Waals surface area contributed by atoms with Gasteiger partial charge in [0.2, 0.25) is 0 Å². The number of carbonyl (C=O) groups excluding carboxylic acids is 2. The average molecular weight is 225 g/mol. The van der Waals surface area contributed by atoms with E-state index in [1.807, 2.05) is 0 Å². The number of nitrogens with zero attached hydrogens (tertiary/aromatic N) is 2. The number of esters is 2. The van der Waals surface area contributed by atoms with E-state index in [9.17, 15) is 9.59 Å². The van der Waals surface area contributed by atoms with Crippen molar-refractivity contribution in [3.8, 4) is 0 Å². The first-order valence-corrected chi connectivity index (χ1v) is 4.68. The molecular weight excluding hydrogens is 212 g/mol. The van der Waals surface area contributed by atoms with Crippen molar-refractivity contribution in [1.82, 2.24) is 5.10 Å². The van der Waals surface area contributed by atoms with Crippen LogP contribution in [0.5, 0.6) is 0 Å². The number of ether oxygens (including phenoxy) is 2. The quantitative estimate of drug-likeness (QED) is 0.520. The van der Waals surface area contributed by atoms with Crippen LogP contribution >= 0.6 is 0 Å². The Hall–Kier alpha value is -1.98. The highest BCUT2D eigenvalue weighted by Gasteiger charge is 2.11. The van der Waals surface area contributed by atoms with Crippen molar-refractivity contribution in [3.63, 3.8) is 0 Å². The second-order valence-corrected chi connectivity index (χ2v) is 3.00. The standard InChI is InChI=1S/C10H13N2O4/c1-15-9(13)4-6-12-5-3-8(7-11-12)10(14)16-2/h3,5,7H,4,6H2,1-2H3/q+1. The summed E-state index contributed by atoms with van der Waals surface area (Å²) >= 11 is 0. The van der Waals surface area contributed by atoms with E-state index in [2.05, 4.69) is 14.6 Å². The van der Waals surface area contributed by atoms with Gasteiger partial charge in [-0.15, -0.1) is 0 Å². The van der Waals surface area contributed by atoms with E-state index in [0.29, 0.717) is 12.1 Å². The minimum absolute atomic E-state index is 0.242. The van der Waals surface area contributed by atoms with Gasteiger partial charge in [0.25, 0.3) is 0 Å². The number of methoxy groups -OCH3 is 2. The maximum atomic E-state index is 11.1. The molecular formula is C10H13N2O4+. The van der Waals surface area contributed by atoms with Gasteiger partial charge in [-0.05, 0) is 5.10 Å². The summed E-state index contributed by atoms with van der Waals surface area (Å²) < 4.78 is 10.6. The lowest BCUT2D eigenvalue weighted by atomic mass is 10.3.